The van der Waals surface area contributed by atoms with Gasteiger partial charge in [-0.2, -0.15) is 0 Å². The van der Waals surface area contributed by atoms with Gasteiger partial charge in [-0.3, -0.25) is 0 Å². The Morgan fingerprint density at radius 3 is 2.50 bits per heavy atom. The largest absolute Gasteiger partial charge is 0.379 e. The van der Waals surface area contributed by atoms with Crippen LogP contribution in [0.15, 0.2) is 16.6 Å². The van der Waals surface area contributed by atoms with E-state index in [1.807, 2.05) is 0 Å². The molecule has 1 fully saturated rings. The maximum Gasteiger partial charge on any atom is 0.150 e. The van der Waals surface area contributed by atoms with Crippen molar-refractivity contribution in [1.29, 1.82) is 0 Å². The Labute approximate surface area is 115 Å². The van der Waals surface area contributed by atoms with Crippen LogP contribution in [0.1, 0.15) is 33.1 Å². The summed E-state index contributed by atoms with van der Waals surface area (Å²) < 4.78 is 27.2. The smallest absolute Gasteiger partial charge is 0.150 e. The minimum absolute atomic E-state index is 0.271. The maximum atomic E-state index is 13.7. The molecule has 0 saturated heterocycles. The molecule has 0 aliphatic heterocycles. The zero-order valence-electron chi connectivity index (χ0n) is 10.6. The van der Waals surface area contributed by atoms with Crippen LogP contribution in [0.5, 0.6) is 0 Å². The van der Waals surface area contributed by atoms with Crippen LogP contribution in [-0.2, 0) is 0 Å². The van der Waals surface area contributed by atoms with Crippen LogP contribution in [0.25, 0.3) is 0 Å². The van der Waals surface area contributed by atoms with Crippen molar-refractivity contribution in [1.82, 2.24) is 0 Å². The molecule has 1 nitrogen and oxygen atoms in total. The lowest BCUT2D eigenvalue weighted by atomic mass is 9.79. The molecule has 4 heteroatoms. The second-order valence-corrected chi connectivity index (χ2v) is 6.21. The highest BCUT2D eigenvalue weighted by Crippen LogP contribution is 2.34. The summed E-state index contributed by atoms with van der Waals surface area (Å²) in [6.45, 7) is 4.49. The standard InChI is InChI=1S/C14H18BrF2N/c1-8-3-4-11(5-9(8)2)18-14-12(15)6-10(16)7-13(14)17/h6-9,11,18H,3-5H2,1-2H3. The van der Waals surface area contributed by atoms with Gasteiger partial charge in [0.1, 0.15) is 11.6 Å². The molecule has 18 heavy (non-hydrogen) atoms. The molecule has 100 valence electrons. The van der Waals surface area contributed by atoms with Gasteiger partial charge in [-0.05, 0) is 53.1 Å². The molecule has 0 bridgehead atoms. The third-order valence-electron chi connectivity index (χ3n) is 3.95. The van der Waals surface area contributed by atoms with Crippen LogP contribution >= 0.6 is 15.9 Å². The van der Waals surface area contributed by atoms with Crippen LogP contribution in [0, 0.1) is 23.5 Å². The molecule has 0 aromatic heterocycles. The fraction of sp³-hybridized carbons (Fsp3) is 0.571. The number of rotatable bonds is 2. The van der Waals surface area contributed by atoms with Crippen LogP contribution in [0.3, 0.4) is 0 Å². The molecule has 1 saturated carbocycles. The molecule has 0 amide bonds. The second-order valence-electron chi connectivity index (χ2n) is 5.35. The highest BCUT2D eigenvalue weighted by atomic mass is 79.9. The van der Waals surface area contributed by atoms with Crippen molar-refractivity contribution in [2.24, 2.45) is 11.8 Å². The summed E-state index contributed by atoms with van der Waals surface area (Å²) in [4.78, 5) is 0. The first-order valence-corrected chi connectivity index (χ1v) is 7.17. The summed E-state index contributed by atoms with van der Waals surface area (Å²) in [7, 11) is 0. The molecule has 0 spiro atoms. The van der Waals surface area contributed by atoms with Gasteiger partial charge in [-0.15, -0.1) is 0 Å². The van der Waals surface area contributed by atoms with Gasteiger partial charge in [0, 0.05) is 16.6 Å². The van der Waals surface area contributed by atoms with E-state index in [1.54, 1.807) is 0 Å². The fourth-order valence-electron chi connectivity index (χ4n) is 2.56. The quantitative estimate of drug-likeness (QED) is 0.812. The zero-order chi connectivity index (χ0) is 13.3. The van der Waals surface area contributed by atoms with E-state index in [0.29, 0.717) is 16.1 Å². The van der Waals surface area contributed by atoms with Crippen molar-refractivity contribution in [2.75, 3.05) is 5.32 Å². The van der Waals surface area contributed by atoms with E-state index < -0.39 is 11.6 Å². The Balaban J connectivity index is 2.10. The summed E-state index contributed by atoms with van der Waals surface area (Å²) in [6, 6.07) is 2.48. The Morgan fingerprint density at radius 2 is 1.89 bits per heavy atom. The lowest BCUT2D eigenvalue weighted by Crippen LogP contribution is -2.30. The van der Waals surface area contributed by atoms with E-state index in [4.69, 9.17) is 0 Å². The second kappa shape index (κ2) is 5.55. The van der Waals surface area contributed by atoms with Crippen molar-refractivity contribution >= 4 is 21.6 Å². The van der Waals surface area contributed by atoms with E-state index in [2.05, 4.69) is 35.1 Å². The van der Waals surface area contributed by atoms with E-state index >= 15 is 0 Å². The molecule has 1 aliphatic carbocycles. The van der Waals surface area contributed by atoms with Gasteiger partial charge in [-0.25, -0.2) is 8.78 Å². The minimum atomic E-state index is -0.560. The molecule has 1 aromatic rings. The molecular weight excluding hydrogens is 300 g/mol. The van der Waals surface area contributed by atoms with Gasteiger partial charge in [0.05, 0.1) is 5.69 Å². The maximum absolute atomic E-state index is 13.7. The summed E-state index contributed by atoms with van der Waals surface area (Å²) in [5.41, 5.74) is 0.378. The Bertz CT molecular complexity index is 413. The Hall–Kier alpha value is -0.640. The predicted molar refractivity (Wildman–Crippen MR) is 73.6 cm³/mol. The lowest BCUT2D eigenvalue weighted by molar-refractivity contribution is 0.260. The highest BCUT2D eigenvalue weighted by molar-refractivity contribution is 9.10. The van der Waals surface area contributed by atoms with Crippen molar-refractivity contribution < 1.29 is 8.78 Å². The van der Waals surface area contributed by atoms with Crippen molar-refractivity contribution in [2.45, 2.75) is 39.2 Å². The molecular formula is C14H18BrF2N. The van der Waals surface area contributed by atoms with Gasteiger partial charge < -0.3 is 5.32 Å². The predicted octanol–water partition coefficient (Wildman–Crippen LogP) is 4.96. The first-order valence-electron chi connectivity index (χ1n) is 6.38. The van der Waals surface area contributed by atoms with E-state index in [-0.39, 0.29) is 6.04 Å². The average molecular weight is 318 g/mol. The summed E-state index contributed by atoms with van der Waals surface area (Å²) in [5, 5.41) is 3.21. The van der Waals surface area contributed by atoms with E-state index in [0.717, 1.165) is 31.2 Å². The van der Waals surface area contributed by atoms with Gasteiger partial charge >= 0.3 is 0 Å². The van der Waals surface area contributed by atoms with Crippen molar-refractivity contribution in [3.8, 4) is 0 Å². The van der Waals surface area contributed by atoms with Crippen molar-refractivity contribution in [3.63, 3.8) is 0 Å². The van der Waals surface area contributed by atoms with Crippen LogP contribution in [-0.4, -0.2) is 6.04 Å². The number of benzene rings is 1. The summed E-state index contributed by atoms with van der Waals surface area (Å²) in [6.07, 6.45) is 3.22. The number of anilines is 1. The SMILES string of the molecule is CC1CCC(Nc2c(F)cc(F)cc2Br)CC1C. The van der Waals surface area contributed by atoms with Crippen LogP contribution < -0.4 is 5.32 Å². The normalized spacial score (nSPS) is 28.2. The first kappa shape index (κ1) is 13.8. The molecule has 1 N–H and O–H groups in total. The van der Waals surface area contributed by atoms with E-state index in [1.165, 1.54) is 6.07 Å². The zero-order valence-corrected chi connectivity index (χ0v) is 12.2. The average Bonchev–Trinajstić information content (AvgIpc) is 2.28. The molecule has 2 rings (SSSR count). The molecule has 0 radical (unpaired) electrons. The Kier molecular flexibility index (Phi) is 4.25. The summed E-state index contributed by atoms with van der Waals surface area (Å²) >= 11 is 3.21. The third kappa shape index (κ3) is 3.02. The van der Waals surface area contributed by atoms with Gasteiger partial charge in [0.15, 0.2) is 0 Å². The number of hydrogen-bond donors (Lipinski definition) is 1. The molecule has 1 aromatic carbocycles. The van der Waals surface area contributed by atoms with Crippen LogP contribution in [0.4, 0.5) is 14.5 Å². The highest BCUT2D eigenvalue weighted by Gasteiger charge is 2.25. The van der Waals surface area contributed by atoms with Gasteiger partial charge in [0.2, 0.25) is 0 Å². The van der Waals surface area contributed by atoms with E-state index in [9.17, 15) is 8.78 Å². The first-order chi connectivity index (χ1) is 8.47. The van der Waals surface area contributed by atoms with Crippen LogP contribution in [0.2, 0.25) is 0 Å². The van der Waals surface area contributed by atoms with Crippen molar-refractivity contribution in [3.05, 3.63) is 28.2 Å². The molecule has 3 unspecified atom stereocenters. The third-order valence-corrected chi connectivity index (χ3v) is 4.58. The minimum Gasteiger partial charge on any atom is -0.379 e. The lowest BCUT2D eigenvalue weighted by Gasteiger charge is -2.33. The topological polar surface area (TPSA) is 12.0 Å². The monoisotopic (exact) mass is 317 g/mol. The summed E-state index contributed by atoms with van der Waals surface area (Å²) in [5.74, 6) is 0.270. The van der Waals surface area contributed by atoms with Gasteiger partial charge in [0.25, 0.3) is 0 Å². The molecule has 1 aliphatic rings. The fourth-order valence-corrected chi connectivity index (χ4v) is 3.09. The number of hydrogen-bond acceptors (Lipinski definition) is 1. The van der Waals surface area contributed by atoms with Gasteiger partial charge in [-0.1, -0.05) is 13.8 Å². The Morgan fingerprint density at radius 1 is 1.17 bits per heavy atom. The number of nitrogens with one attached hydrogen (secondary N) is 1. The molecule has 3 atom stereocenters. The number of halogens is 3. The molecule has 0 heterocycles.